The lowest BCUT2D eigenvalue weighted by Crippen LogP contribution is -2.46. The van der Waals surface area contributed by atoms with Crippen LogP contribution in [-0.2, 0) is 4.74 Å². The summed E-state index contributed by atoms with van der Waals surface area (Å²) in [4.78, 5) is 16.0. The molecule has 120 valence electrons. The Labute approximate surface area is 131 Å². The molecular weight excluding hydrogens is 286 g/mol. The first-order chi connectivity index (χ1) is 9.69. The first kappa shape index (κ1) is 17.9. The number of nitrogens with zero attached hydrogens (tertiary/aromatic N) is 1. The molecular formula is C15H27N3O2S. The average Bonchev–Trinajstić information content (AvgIpc) is 2.85. The molecule has 1 aromatic heterocycles. The zero-order valence-electron chi connectivity index (χ0n) is 13.8. The first-order valence-corrected chi connectivity index (χ1v) is 8.19. The van der Waals surface area contributed by atoms with E-state index in [0.717, 1.165) is 5.01 Å². The van der Waals surface area contributed by atoms with Crippen LogP contribution in [0.3, 0.4) is 0 Å². The van der Waals surface area contributed by atoms with E-state index < -0.39 is 5.60 Å². The maximum atomic E-state index is 11.7. The predicted octanol–water partition coefficient (Wildman–Crippen LogP) is 3.34. The van der Waals surface area contributed by atoms with E-state index in [1.807, 2.05) is 32.3 Å². The van der Waals surface area contributed by atoms with Gasteiger partial charge < -0.3 is 15.4 Å². The van der Waals surface area contributed by atoms with Gasteiger partial charge in [-0.2, -0.15) is 0 Å². The molecule has 1 amide bonds. The quantitative estimate of drug-likeness (QED) is 0.845. The molecule has 1 heterocycles. The zero-order valence-corrected chi connectivity index (χ0v) is 14.6. The molecule has 0 fully saturated rings. The first-order valence-electron chi connectivity index (χ1n) is 7.31. The van der Waals surface area contributed by atoms with Crippen LogP contribution in [0.25, 0.3) is 0 Å². The fraction of sp³-hybridized carbons (Fsp3) is 0.733. The Morgan fingerprint density at radius 1 is 1.38 bits per heavy atom. The molecule has 0 aliphatic rings. The summed E-state index contributed by atoms with van der Waals surface area (Å²) in [5.41, 5.74) is -0.473. The van der Waals surface area contributed by atoms with Gasteiger partial charge in [-0.15, -0.1) is 11.3 Å². The molecule has 0 aliphatic carbocycles. The molecule has 0 spiro atoms. The molecule has 1 aromatic rings. The standard InChI is InChI=1S/C15H27N3O2S/c1-10(2)12(9-17-14(19)20-15(4,5)6)18-11(3)13-16-7-8-21-13/h7-8,10-12,18H,9H2,1-6H3,(H,17,19). The van der Waals surface area contributed by atoms with Crippen molar-refractivity contribution >= 4 is 17.4 Å². The number of rotatable bonds is 6. The van der Waals surface area contributed by atoms with E-state index in [4.69, 9.17) is 4.74 Å². The molecule has 6 heteroatoms. The largest absolute Gasteiger partial charge is 0.444 e. The topological polar surface area (TPSA) is 63.2 Å². The average molecular weight is 313 g/mol. The normalized spacial score (nSPS) is 14.8. The van der Waals surface area contributed by atoms with Crippen LogP contribution in [0, 0.1) is 5.92 Å². The van der Waals surface area contributed by atoms with Crippen LogP contribution >= 0.6 is 11.3 Å². The van der Waals surface area contributed by atoms with Gasteiger partial charge in [0.15, 0.2) is 0 Å². The minimum atomic E-state index is -0.473. The lowest BCUT2D eigenvalue weighted by Gasteiger charge is -2.27. The number of hydrogen-bond acceptors (Lipinski definition) is 5. The SMILES string of the molecule is CC(NC(CNC(=O)OC(C)(C)C)C(C)C)c1nccs1. The number of carbonyl (C=O) groups excluding carboxylic acids is 1. The van der Waals surface area contributed by atoms with Gasteiger partial charge in [0.2, 0.25) is 0 Å². The van der Waals surface area contributed by atoms with E-state index in [-0.39, 0.29) is 18.2 Å². The zero-order chi connectivity index (χ0) is 16.0. The summed E-state index contributed by atoms with van der Waals surface area (Å²) < 4.78 is 5.26. The summed E-state index contributed by atoms with van der Waals surface area (Å²) in [5.74, 6) is 0.391. The van der Waals surface area contributed by atoms with Crippen LogP contribution in [0.15, 0.2) is 11.6 Å². The van der Waals surface area contributed by atoms with E-state index in [1.165, 1.54) is 0 Å². The van der Waals surface area contributed by atoms with Crippen molar-refractivity contribution in [1.29, 1.82) is 0 Å². The fourth-order valence-corrected chi connectivity index (χ4v) is 2.49. The Morgan fingerprint density at radius 3 is 2.52 bits per heavy atom. The van der Waals surface area contributed by atoms with Crippen molar-refractivity contribution in [3.63, 3.8) is 0 Å². The van der Waals surface area contributed by atoms with Crippen LogP contribution in [-0.4, -0.2) is 29.3 Å². The molecule has 21 heavy (non-hydrogen) atoms. The second kappa shape index (κ2) is 7.75. The predicted molar refractivity (Wildman–Crippen MR) is 86.5 cm³/mol. The van der Waals surface area contributed by atoms with Gasteiger partial charge in [-0.25, -0.2) is 9.78 Å². The third-order valence-corrected chi connectivity index (χ3v) is 3.91. The van der Waals surface area contributed by atoms with E-state index in [1.54, 1.807) is 11.3 Å². The maximum absolute atomic E-state index is 11.7. The van der Waals surface area contributed by atoms with Gasteiger partial charge in [-0.1, -0.05) is 13.8 Å². The van der Waals surface area contributed by atoms with Crippen LogP contribution < -0.4 is 10.6 Å². The van der Waals surface area contributed by atoms with E-state index in [2.05, 4.69) is 36.4 Å². The van der Waals surface area contributed by atoms with Gasteiger partial charge in [-0.05, 0) is 33.6 Å². The Kier molecular flexibility index (Phi) is 6.61. The van der Waals surface area contributed by atoms with Gasteiger partial charge >= 0.3 is 6.09 Å². The Balaban J connectivity index is 2.49. The van der Waals surface area contributed by atoms with Crippen molar-refractivity contribution in [2.75, 3.05) is 6.54 Å². The molecule has 0 saturated heterocycles. The number of nitrogens with one attached hydrogen (secondary N) is 2. The highest BCUT2D eigenvalue weighted by molar-refractivity contribution is 7.09. The van der Waals surface area contributed by atoms with Crippen molar-refractivity contribution in [2.24, 2.45) is 5.92 Å². The van der Waals surface area contributed by atoms with Crippen LogP contribution in [0.4, 0.5) is 4.79 Å². The van der Waals surface area contributed by atoms with E-state index in [0.29, 0.717) is 12.5 Å². The summed E-state index contributed by atoms with van der Waals surface area (Å²) in [6, 6.07) is 0.328. The summed E-state index contributed by atoms with van der Waals surface area (Å²) >= 11 is 1.63. The molecule has 5 nitrogen and oxygen atoms in total. The molecule has 0 aromatic carbocycles. The smallest absolute Gasteiger partial charge is 0.407 e. The van der Waals surface area contributed by atoms with E-state index >= 15 is 0 Å². The second-order valence-corrected chi connectivity index (χ2v) is 7.42. The Bertz CT molecular complexity index is 427. The van der Waals surface area contributed by atoms with Gasteiger partial charge in [0.25, 0.3) is 0 Å². The summed E-state index contributed by atoms with van der Waals surface area (Å²) in [6.07, 6.45) is 1.43. The van der Waals surface area contributed by atoms with Crippen LogP contribution in [0.1, 0.15) is 52.6 Å². The molecule has 0 aliphatic heterocycles. The molecule has 2 unspecified atom stereocenters. The van der Waals surface area contributed by atoms with Crippen molar-refractivity contribution in [2.45, 2.75) is 59.2 Å². The minimum absolute atomic E-state index is 0.163. The maximum Gasteiger partial charge on any atom is 0.407 e. The molecule has 2 atom stereocenters. The minimum Gasteiger partial charge on any atom is -0.444 e. The fourth-order valence-electron chi connectivity index (χ4n) is 1.84. The number of ether oxygens (including phenoxy) is 1. The summed E-state index contributed by atoms with van der Waals surface area (Å²) in [6.45, 7) is 12.4. The lowest BCUT2D eigenvalue weighted by molar-refractivity contribution is 0.0518. The van der Waals surface area contributed by atoms with E-state index in [9.17, 15) is 4.79 Å². The van der Waals surface area contributed by atoms with Gasteiger partial charge in [0.05, 0.1) is 6.04 Å². The number of amides is 1. The molecule has 1 rings (SSSR count). The number of carbonyl (C=O) groups is 1. The third kappa shape index (κ3) is 6.91. The van der Waals surface area contributed by atoms with Crippen LogP contribution in [0.2, 0.25) is 0 Å². The van der Waals surface area contributed by atoms with Gasteiger partial charge in [-0.3, -0.25) is 0 Å². The van der Waals surface area contributed by atoms with Crippen molar-refractivity contribution in [3.05, 3.63) is 16.6 Å². The second-order valence-electron chi connectivity index (χ2n) is 6.49. The Morgan fingerprint density at radius 2 is 2.05 bits per heavy atom. The Hall–Kier alpha value is -1.14. The van der Waals surface area contributed by atoms with Gasteiger partial charge in [0.1, 0.15) is 10.6 Å². The highest BCUT2D eigenvalue weighted by atomic mass is 32.1. The number of aromatic nitrogens is 1. The molecule has 0 saturated carbocycles. The molecule has 2 N–H and O–H groups in total. The number of alkyl carbamates (subject to hydrolysis) is 1. The monoisotopic (exact) mass is 313 g/mol. The van der Waals surface area contributed by atoms with Crippen LogP contribution in [0.5, 0.6) is 0 Å². The highest BCUT2D eigenvalue weighted by Crippen LogP contribution is 2.17. The summed E-state index contributed by atoms with van der Waals surface area (Å²) in [5, 5.41) is 9.37. The molecule has 0 bridgehead atoms. The summed E-state index contributed by atoms with van der Waals surface area (Å²) in [7, 11) is 0. The van der Waals surface area contributed by atoms with Gasteiger partial charge in [0, 0.05) is 24.2 Å². The third-order valence-electron chi connectivity index (χ3n) is 2.96. The van der Waals surface area contributed by atoms with Crippen molar-refractivity contribution in [3.8, 4) is 0 Å². The highest BCUT2D eigenvalue weighted by Gasteiger charge is 2.21. The van der Waals surface area contributed by atoms with Crippen molar-refractivity contribution in [1.82, 2.24) is 15.6 Å². The molecule has 0 radical (unpaired) electrons. The number of thiazole rings is 1. The number of hydrogen-bond donors (Lipinski definition) is 2. The van der Waals surface area contributed by atoms with Crippen molar-refractivity contribution < 1.29 is 9.53 Å². The lowest BCUT2D eigenvalue weighted by atomic mass is 10.0.